The molecule has 0 bridgehead atoms. The van der Waals surface area contributed by atoms with Crippen LogP contribution in [0.15, 0.2) is 47.4 Å². The van der Waals surface area contributed by atoms with Gasteiger partial charge in [0.1, 0.15) is 5.56 Å². The van der Waals surface area contributed by atoms with E-state index in [2.05, 4.69) is 20.8 Å². The Kier molecular flexibility index (Phi) is 4.59. The van der Waals surface area contributed by atoms with Crippen LogP contribution < -0.4 is 5.43 Å². The first-order chi connectivity index (χ1) is 12.6. The van der Waals surface area contributed by atoms with Gasteiger partial charge < -0.3 is 9.67 Å². The average Bonchev–Trinajstić information content (AvgIpc) is 2.58. The van der Waals surface area contributed by atoms with Crippen molar-refractivity contribution >= 4 is 16.9 Å². The number of nitrogens with zero attached hydrogens (tertiary/aromatic N) is 1. The van der Waals surface area contributed by atoms with Crippen LogP contribution in [0.25, 0.3) is 10.9 Å². The number of carbonyl (C=O) groups is 1. The van der Waals surface area contributed by atoms with Gasteiger partial charge in [0, 0.05) is 24.2 Å². The minimum absolute atomic E-state index is 0.0142. The molecule has 2 aromatic carbocycles. The van der Waals surface area contributed by atoms with Crippen LogP contribution in [-0.2, 0) is 12.0 Å². The number of benzene rings is 2. The molecule has 27 heavy (non-hydrogen) atoms. The molecule has 1 N–H and O–H groups in total. The first kappa shape index (κ1) is 18.8. The third-order valence-electron chi connectivity index (χ3n) is 4.53. The average molecular weight is 371 g/mol. The fraction of sp³-hybridized carbons (Fsp3) is 0.238. The molecule has 1 heterocycles. The van der Waals surface area contributed by atoms with E-state index in [1.807, 2.05) is 24.3 Å². The molecule has 3 aromatic rings. The van der Waals surface area contributed by atoms with E-state index in [1.165, 1.54) is 10.8 Å². The summed E-state index contributed by atoms with van der Waals surface area (Å²) < 4.78 is 28.8. The zero-order chi connectivity index (χ0) is 19.9. The molecule has 6 heteroatoms. The maximum Gasteiger partial charge on any atom is 0.341 e. The maximum absolute atomic E-state index is 13.7. The molecule has 0 saturated carbocycles. The summed E-state index contributed by atoms with van der Waals surface area (Å²) in [5.41, 5.74) is 0.781. The number of aromatic nitrogens is 1. The topological polar surface area (TPSA) is 59.3 Å². The maximum atomic E-state index is 13.7. The lowest BCUT2D eigenvalue weighted by Crippen LogP contribution is -2.19. The second kappa shape index (κ2) is 6.61. The summed E-state index contributed by atoms with van der Waals surface area (Å²) in [6.45, 7) is 6.49. The Labute approximate surface area is 154 Å². The number of halogens is 2. The number of aromatic carboxylic acids is 1. The van der Waals surface area contributed by atoms with Crippen LogP contribution in [0.4, 0.5) is 8.78 Å². The van der Waals surface area contributed by atoms with Gasteiger partial charge in [0.25, 0.3) is 0 Å². The summed E-state index contributed by atoms with van der Waals surface area (Å²) >= 11 is 0. The summed E-state index contributed by atoms with van der Waals surface area (Å²) in [5, 5.41) is 9.12. The van der Waals surface area contributed by atoms with Gasteiger partial charge in [-0.2, -0.15) is 0 Å². The number of fused-ring (bicyclic) bond motifs is 1. The molecule has 0 spiro atoms. The number of pyridine rings is 1. The first-order valence-electron chi connectivity index (χ1n) is 8.43. The molecule has 0 saturated heterocycles. The van der Waals surface area contributed by atoms with Crippen molar-refractivity contribution in [3.05, 3.63) is 81.1 Å². The van der Waals surface area contributed by atoms with Crippen molar-refractivity contribution in [2.24, 2.45) is 0 Å². The van der Waals surface area contributed by atoms with Crippen LogP contribution >= 0.6 is 0 Å². The third-order valence-corrected chi connectivity index (χ3v) is 4.53. The minimum atomic E-state index is -1.41. The van der Waals surface area contributed by atoms with E-state index in [0.29, 0.717) is 0 Å². The van der Waals surface area contributed by atoms with Gasteiger partial charge in [0.05, 0.1) is 5.52 Å². The van der Waals surface area contributed by atoms with E-state index < -0.39 is 28.6 Å². The molecule has 0 aliphatic heterocycles. The lowest BCUT2D eigenvalue weighted by Gasteiger charge is -2.19. The molecule has 0 radical (unpaired) electrons. The zero-order valence-corrected chi connectivity index (χ0v) is 15.2. The van der Waals surface area contributed by atoms with E-state index in [-0.39, 0.29) is 22.9 Å². The Morgan fingerprint density at radius 2 is 1.67 bits per heavy atom. The zero-order valence-electron chi connectivity index (χ0n) is 15.2. The van der Waals surface area contributed by atoms with Crippen molar-refractivity contribution in [1.29, 1.82) is 0 Å². The largest absolute Gasteiger partial charge is 0.477 e. The highest BCUT2D eigenvalue weighted by atomic mass is 19.2. The summed E-state index contributed by atoms with van der Waals surface area (Å²) in [4.78, 5) is 23.7. The fourth-order valence-corrected chi connectivity index (χ4v) is 2.97. The smallest absolute Gasteiger partial charge is 0.341 e. The van der Waals surface area contributed by atoms with Gasteiger partial charge in [0.15, 0.2) is 11.6 Å². The van der Waals surface area contributed by atoms with Crippen molar-refractivity contribution in [1.82, 2.24) is 4.57 Å². The number of carboxylic acids is 1. The fourth-order valence-electron chi connectivity index (χ4n) is 2.97. The summed E-state index contributed by atoms with van der Waals surface area (Å²) in [6, 6.07) is 9.40. The van der Waals surface area contributed by atoms with Crippen molar-refractivity contribution in [2.75, 3.05) is 0 Å². The SMILES string of the molecule is CC(C)(C)c1ccc(Cn2cc(C(=O)O)c(=O)c3cc(F)c(F)cc32)cc1. The Bertz CT molecular complexity index is 1090. The molecule has 3 rings (SSSR count). The van der Waals surface area contributed by atoms with Crippen LogP contribution in [0.5, 0.6) is 0 Å². The summed E-state index contributed by atoms with van der Waals surface area (Å²) in [5.74, 6) is -3.70. The van der Waals surface area contributed by atoms with Crippen LogP contribution in [-0.4, -0.2) is 15.6 Å². The number of hydrogen-bond donors (Lipinski definition) is 1. The van der Waals surface area contributed by atoms with Crippen molar-refractivity contribution < 1.29 is 18.7 Å². The monoisotopic (exact) mass is 371 g/mol. The molecular weight excluding hydrogens is 352 g/mol. The highest BCUT2D eigenvalue weighted by molar-refractivity contribution is 5.92. The Morgan fingerprint density at radius 3 is 2.22 bits per heavy atom. The third kappa shape index (κ3) is 3.60. The van der Waals surface area contributed by atoms with E-state index in [9.17, 15) is 23.5 Å². The normalized spacial score (nSPS) is 11.7. The molecule has 0 fully saturated rings. The Balaban J connectivity index is 2.15. The lowest BCUT2D eigenvalue weighted by atomic mass is 9.87. The molecule has 0 amide bonds. The van der Waals surface area contributed by atoms with Crippen LogP contribution in [0.2, 0.25) is 0 Å². The van der Waals surface area contributed by atoms with E-state index in [1.54, 1.807) is 0 Å². The number of rotatable bonds is 3. The predicted octanol–water partition coefficient (Wildman–Crippen LogP) is 4.32. The van der Waals surface area contributed by atoms with Crippen LogP contribution in [0.1, 0.15) is 42.3 Å². The lowest BCUT2D eigenvalue weighted by molar-refractivity contribution is 0.0695. The standard InChI is InChI=1S/C21H19F2NO3/c1-21(2,3)13-6-4-12(5-7-13)10-24-11-15(20(26)27)19(25)14-8-16(22)17(23)9-18(14)24/h4-9,11H,10H2,1-3H3,(H,26,27). The number of hydrogen-bond acceptors (Lipinski definition) is 2. The second-order valence-electron chi connectivity index (χ2n) is 7.54. The van der Waals surface area contributed by atoms with Crippen LogP contribution in [0.3, 0.4) is 0 Å². The molecule has 0 aliphatic carbocycles. The molecule has 0 atom stereocenters. The van der Waals surface area contributed by atoms with Gasteiger partial charge in [-0.15, -0.1) is 0 Å². The summed E-state index contributed by atoms with van der Waals surface area (Å²) in [6.07, 6.45) is 1.17. The van der Waals surface area contributed by atoms with E-state index in [0.717, 1.165) is 23.3 Å². The molecule has 140 valence electrons. The van der Waals surface area contributed by atoms with Gasteiger partial charge in [-0.25, -0.2) is 13.6 Å². The molecular formula is C21H19F2NO3. The predicted molar refractivity (Wildman–Crippen MR) is 99.3 cm³/mol. The molecule has 1 aromatic heterocycles. The van der Waals surface area contributed by atoms with E-state index in [4.69, 9.17) is 0 Å². The number of carboxylic acid groups (broad SMARTS) is 1. The van der Waals surface area contributed by atoms with Crippen molar-refractivity contribution in [2.45, 2.75) is 32.7 Å². The summed E-state index contributed by atoms with van der Waals surface area (Å²) in [7, 11) is 0. The van der Waals surface area contributed by atoms with Gasteiger partial charge >= 0.3 is 5.97 Å². The quantitative estimate of drug-likeness (QED) is 0.746. The van der Waals surface area contributed by atoms with Gasteiger partial charge in [-0.1, -0.05) is 45.0 Å². The van der Waals surface area contributed by atoms with Gasteiger partial charge in [0.2, 0.25) is 5.43 Å². The van der Waals surface area contributed by atoms with Crippen molar-refractivity contribution in [3.63, 3.8) is 0 Å². The van der Waals surface area contributed by atoms with E-state index >= 15 is 0 Å². The minimum Gasteiger partial charge on any atom is -0.477 e. The molecule has 0 unspecified atom stereocenters. The Morgan fingerprint density at radius 1 is 1.07 bits per heavy atom. The molecule has 4 nitrogen and oxygen atoms in total. The second-order valence-corrected chi connectivity index (χ2v) is 7.54. The van der Waals surface area contributed by atoms with Gasteiger partial charge in [-0.05, 0) is 22.6 Å². The highest BCUT2D eigenvalue weighted by Crippen LogP contribution is 2.23. The Hall–Kier alpha value is -3.02. The van der Waals surface area contributed by atoms with Gasteiger partial charge in [-0.3, -0.25) is 4.79 Å². The van der Waals surface area contributed by atoms with Crippen LogP contribution in [0, 0.1) is 11.6 Å². The first-order valence-corrected chi connectivity index (χ1v) is 8.43. The molecule has 0 aliphatic rings. The van der Waals surface area contributed by atoms with Crippen molar-refractivity contribution in [3.8, 4) is 0 Å². The highest BCUT2D eigenvalue weighted by Gasteiger charge is 2.18.